The van der Waals surface area contributed by atoms with Gasteiger partial charge in [0.15, 0.2) is 5.82 Å². The Morgan fingerprint density at radius 1 is 1.05 bits per heavy atom. The molecule has 3 aliphatic rings. The molecular formula is C17H27N3O2. The summed E-state index contributed by atoms with van der Waals surface area (Å²) in [6.07, 6.45) is 10.5. The molecule has 1 aromatic rings. The predicted octanol–water partition coefficient (Wildman–Crippen LogP) is 2.68. The standard InChI is InChI=1S/C17H27N3O2/c21-11-13-9-20(14-5-3-1-2-4-6-14)10-15(13)17-18-16(19-22-17)12-7-8-12/h12-15,21H,1-11H2/t13-,15+/m0/s1. The van der Waals surface area contributed by atoms with E-state index >= 15 is 0 Å². The molecule has 1 saturated heterocycles. The van der Waals surface area contributed by atoms with Crippen LogP contribution in [0.5, 0.6) is 0 Å². The molecule has 2 saturated carbocycles. The van der Waals surface area contributed by atoms with Gasteiger partial charge in [0.2, 0.25) is 5.89 Å². The summed E-state index contributed by atoms with van der Waals surface area (Å²) in [4.78, 5) is 7.22. The largest absolute Gasteiger partial charge is 0.396 e. The van der Waals surface area contributed by atoms with Crippen molar-refractivity contribution in [3.05, 3.63) is 11.7 Å². The molecule has 122 valence electrons. The Kier molecular flexibility index (Phi) is 4.18. The lowest BCUT2D eigenvalue weighted by Crippen LogP contribution is -2.33. The molecule has 2 aliphatic carbocycles. The van der Waals surface area contributed by atoms with Gasteiger partial charge in [-0.2, -0.15) is 4.98 Å². The van der Waals surface area contributed by atoms with Crippen molar-refractivity contribution in [2.45, 2.75) is 69.2 Å². The van der Waals surface area contributed by atoms with E-state index < -0.39 is 0 Å². The number of rotatable bonds is 4. The van der Waals surface area contributed by atoms with Crippen LogP contribution in [0.3, 0.4) is 0 Å². The Balaban J connectivity index is 1.46. The highest BCUT2D eigenvalue weighted by Crippen LogP contribution is 2.40. The van der Waals surface area contributed by atoms with Gasteiger partial charge in [-0.25, -0.2) is 0 Å². The van der Waals surface area contributed by atoms with Crippen LogP contribution in [-0.2, 0) is 0 Å². The van der Waals surface area contributed by atoms with Crippen LogP contribution in [-0.4, -0.2) is 45.9 Å². The molecule has 0 aromatic carbocycles. The summed E-state index contributed by atoms with van der Waals surface area (Å²) >= 11 is 0. The highest BCUT2D eigenvalue weighted by atomic mass is 16.5. The molecule has 1 N–H and O–H groups in total. The lowest BCUT2D eigenvalue weighted by Gasteiger charge is -2.26. The highest BCUT2D eigenvalue weighted by molar-refractivity contribution is 5.08. The number of aliphatic hydroxyl groups is 1. The first-order chi connectivity index (χ1) is 10.8. The summed E-state index contributed by atoms with van der Waals surface area (Å²) in [6.45, 7) is 2.17. The molecule has 5 nitrogen and oxygen atoms in total. The predicted molar refractivity (Wildman–Crippen MR) is 82.7 cm³/mol. The molecule has 0 amide bonds. The van der Waals surface area contributed by atoms with Crippen molar-refractivity contribution in [2.75, 3.05) is 19.7 Å². The third-order valence-corrected chi connectivity index (χ3v) is 5.76. The molecule has 1 aromatic heterocycles. The van der Waals surface area contributed by atoms with Crippen molar-refractivity contribution >= 4 is 0 Å². The SMILES string of the molecule is OC[C@@H]1CN(C2CCCCCC2)C[C@H]1c1nc(C2CC2)no1. The second-order valence-electron chi connectivity index (χ2n) is 7.41. The van der Waals surface area contributed by atoms with E-state index in [2.05, 4.69) is 15.0 Å². The van der Waals surface area contributed by atoms with Gasteiger partial charge in [0, 0.05) is 37.6 Å². The maximum Gasteiger partial charge on any atom is 0.231 e. The average molecular weight is 305 g/mol. The number of nitrogens with zero attached hydrogens (tertiary/aromatic N) is 3. The maximum atomic E-state index is 9.78. The first-order valence-electron chi connectivity index (χ1n) is 9.03. The van der Waals surface area contributed by atoms with Crippen molar-refractivity contribution in [1.29, 1.82) is 0 Å². The molecule has 0 spiro atoms. The summed E-state index contributed by atoms with van der Waals surface area (Å²) in [6, 6.07) is 0.687. The van der Waals surface area contributed by atoms with Crippen molar-refractivity contribution in [2.24, 2.45) is 5.92 Å². The van der Waals surface area contributed by atoms with Crippen LogP contribution in [0.4, 0.5) is 0 Å². The van der Waals surface area contributed by atoms with E-state index in [9.17, 15) is 5.11 Å². The summed E-state index contributed by atoms with van der Waals surface area (Å²) in [5.74, 6) is 2.64. The molecular weight excluding hydrogens is 278 g/mol. The van der Waals surface area contributed by atoms with Gasteiger partial charge >= 0.3 is 0 Å². The Morgan fingerprint density at radius 3 is 2.50 bits per heavy atom. The third kappa shape index (κ3) is 2.93. The number of hydrogen-bond acceptors (Lipinski definition) is 5. The smallest absolute Gasteiger partial charge is 0.231 e. The van der Waals surface area contributed by atoms with E-state index in [1.807, 2.05) is 0 Å². The molecule has 2 atom stereocenters. The second-order valence-corrected chi connectivity index (χ2v) is 7.41. The minimum absolute atomic E-state index is 0.216. The third-order valence-electron chi connectivity index (χ3n) is 5.76. The summed E-state index contributed by atoms with van der Waals surface area (Å²) in [5, 5.41) is 13.9. The monoisotopic (exact) mass is 305 g/mol. The highest BCUT2D eigenvalue weighted by Gasteiger charge is 2.40. The van der Waals surface area contributed by atoms with E-state index in [0.29, 0.717) is 12.0 Å². The summed E-state index contributed by atoms with van der Waals surface area (Å²) < 4.78 is 5.54. The zero-order valence-corrected chi connectivity index (χ0v) is 13.3. The molecule has 0 bridgehead atoms. The van der Waals surface area contributed by atoms with Gasteiger partial charge in [0.25, 0.3) is 0 Å². The van der Waals surface area contributed by atoms with E-state index in [1.54, 1.807) is 0 Å². The van der Waals surface area contributed by atoms with Crippen LogP contribution in [0.15, 0.2) is 4.52 Å². The molecule has 1 aliphatic heterocycles. The fourth-order valence-corrected chi connectivity index (χ4v) is 4.20. The van der Waals surface area contributed by atoms with Gasteiger partial charge < -0.3 is 9.63 Å². The van der Waals surface area contributed by atoms with Gasteiger partial charge in [-0.15, -0.1) is 0 Å². The van der Waals surface area contributed by atoms with Crippen LogP contribution in [0, 0.1) is 5.92 Å². The lowest BCUT2D eigenvalue weighted by molar-refractivity contribution is 0.185. The Hall–Kier alpha value is -0.940. The van der Waals surface area contributed by atoms with Crippen molar-refractivity contribution < 1.29 is 9.63 Å². The average Bonchev–Trinajstić information content (AvgIpc) is 3.21. The second kappa shape index (κ2) is 6.28. The minimum Gasteiger partial charge on any atom is -0.396 e. The molecule has 2 heterocycles. The molecule has 0 unspecified atom stereocenters. The summed E-state index contributed by atoms with van der Waals surface area (Å²) in [5.41, 5.74) is 0. The normalized spacial score (nSPS) is 31.5. The number of likely N-dealkylation sites (tertiary alicyclic amines) is 1. The van der Waals surface area contributed by atoms with Crippen LogP contribution >= 0.6 is 0 Å². The maximum absolute atomic E-state index is 9.78. The Morgan fingerprint density at radius 2 is 1.82 bits per heavy atom. The van der Waals surface area contributed by atoms with E-state index in [-0.39, 0.29) is 18.4 Å². The van der Waals surface area contributed by atoms with E-state index in [1.165, 1.54) is 51.4 Å². The first kappa shape index (κ1) is 14.6. The minimum atomic E-state index is 0.216. The Labute approximate surface area is 132 Å². The lowest BCUT2D eigenvalue weighted by atomic mass is 9.97. The van der Waals surface area contributed by atoms with Crippen molar-refractivity contribution in [3.8, 4) is 0 Å². The van der Waals surface area contributed by atoms with Gasteiger partial charge in [0.05, 0.1) is 5.92 Å². The molecule has 4 rings (SSSR count). The van der Waals surface area contributed by atoms with Gasteiger partial charge in [-0.05, 0) is 25.7 Å². The molecule has 22 heavy (non-hydrogen) atoms. The topological polar surface area (TPSA) is 62.4 Å². The van der Waals surface area contributed by atoms with Gasteiger partial charge in [-0.3, -0.25) is 4.90 Å². The number of aliphatic hydroxyl groups excluding tert-OH is 1. The fraction of sp³-hybridized carbons (Fsp3) is 0.882. The Bertz CT molecular complexity index is 492. The molecule has 5 heteroatoms. The van der Waals surface area contributed by atoms with E-state index in [0.717, 1.165) is 24.8 Å². The zero-order valence-electron chi connectivity index (χ0n) is 13.3. The quantitative estimate of drug-likeness (QED) is 0.867. The van der Waals surface area contributed by atoms with Gasteiger partial charge in [-0.1, -0.05) is 30.8 Å². The van der Waals surface area contributed by atoms with E-state index in [4.69, 9.17) is 4.52 Å². The number of hydrogen-bond donors (Lipinski definition) is 1. The van der Waals surface area contributed by atoms with Crippen LogP contribution in [0.1, 0.15) is 74.9 Å². The van der Waals surface area contributed by atoms with Gasteiger partial charge in [0.1, 0.15) is 0 Å². The van der Waals surface area contributed by atoms with Crippen molar-refractivity contribution in [1.82, 2.24) is 15.0 Å². The zero-order chi connectivity index (χ0) is 14.9. The first-order valence-corrected chi connectivity index (χ1v) is 9.03. The summed E-state index contributed by atoms with van der Waals surface area (Å²) in [7, 11) is 0. The van der Waals surface area contributed by atoms with Crippen LogP contribution in [0.2, 0.25) is 0 Å². The fourth-order valence-electron chi connectivity index (χ4n) is 4.20. The van der Waals surface area contributed by atoms with Crippen molar-refractivity contribution in [3.63, 3.8) is 0 Å². The molecule has 0 radical (unpaired) electrons. The molecule has 3 fully saturated rings. The number of aromatic nitrogens is 2. The van der Waals surface area contributed by atoms with Crippen LogP contribution < -0.4 is 0 Å². The van der Waals surface area contributed by atoms with Crippen LogP contribution in [0.25, 0.3) is 0 Å².